The number of likely N-dealkylation sites (tertiary alicyclic amines) is 1. The van der Waals surface area contributed by atoms with E-state index in [1.54, 1.807) is 18.4 Å². The molecule has 142 valence electrons. The highest BCUT2D eigenvalue weighted by atomic mass is 32.1. The largest absolute Gasteiger partial charge is 0.496 e. The molecule has 0 bridgehead atoms. The molecule has 5 nitrogen and oxygen atoms in total. The molecule has 0 spiro atoms. The molecular formula is C21H25N3O2S. The molecule has 6 heteroatoms. The smallest absolute Gasteiger partial charge is 0.226 e. The molecule has 1 aliphatic heterocycles. The maximum Gasteiger partial charge on any atom is 0.226 e. The maximum absolute atomic E-state index is 6.01. The van der Waals surface area contributed by atoms with Crippen molar-refractivity contribution in [2.75, 3.05) is 13.7 Å². The number of piperidine rings is 1. The topological polar surface area (TPSA) is 51.4 Å². The fraction of sp³-hybridized carbons (Fsp3) is 0.429. The normalized spacial score (nSPS) is 18.0. The molecule has 0 aliphatic carbocycles. The first-order valence-corrected chi connectivity index (χ1v) is 10.3. The van der Waals surface area contributed by atoms with Crippen LogP contribution in [0.5, 0.6) is 5.75 Å². The predicted molar refractivity (Wildman–Crippen MR) is 107 cm³/mol. The van der Waals surface area contributed by atoms with E-state index in [9.17, 15) is 0 Å². The van der Waals surface area contributed by atoms with Crippen LogP contribution in [-0.2, 0) is 6.54 Å². The number of ether oxygens (including phenoxy) is 1. The summed E-state index contributed by atoms with van der Waals surface area (Å²) in [7, 11) is 1.69. The van der Waals surface area contributed by atoms with E-state index < -0.39 is 0 Å². The number of rotatable bonds is 5. The third-order valence-electron chi connectivity index (χ3n) is 5.24. The van der Waals surface area contributed by atoms with Gasteiger partial charge in [-0.1, -0.05) is 6.42 Å². The number of thiazole rings is 1. The van der Waals surface area contributed by atoms with Crippen molar-refractivity contribution in [2.24, 2.45) is 0 Å². The number of aromatic nitrogens is 2. The fourth-order valence-corrected chi connectivity index (χ4v) is 4.57. The molecule has 1 atom stereocenters. The molecule has 2 aromatic heterocycles. The molecule has 4 rings (SSSR count). The van der Waals surface area contributed by atoms with E-state index in [1.807, 2.05) is 32.2 Å². The van der Waals surface area contributed by atoms with E-state index in [-0.39, 0.29) is 0 Å². The first kappa shape index (κ1) is 18.2. The molecule has 1 aliphatic rings. The summed E-state index contributed by atoms with van der Waals surface area (Å²) in [5, 5.41) is 3.27. The first-order valence-electron chi connectivity index (χ1n) is 9.40. The Bertz CT molecular complexity index is 904. The molecule has 27 heavy (non-hydrogen) atoms. The third kappa shape index (κ3) is 3.77. The molecule has 0 amide bonds. The fourth-order valence-electron chi connectivity index (χ4n) is 3.76. The zero-order valence-corrected chi connectivity index (χ0v) is 16.9. The van der Waals surface area contributed by atoms with E-state index >= 15 is 0 Å². The average molecular weight is 384 g/mol. The molecular weight excluding hydrogens is 358 g/mol. The first-order chi connectivity index (χ1) is 13.2. The van der Waals surface area contributed by atoms with Gasteiger partial charge in [-0.25, -0.2) is 9.97 Å². The van der Waals surface area contributed by atoms with Crippen LogP contribution in [0.1, 0.15) is 47.3 Å². The number of nitrogens with zero attached hydrogens (tertiary/aromatic N) is 3. The number of aryl methyl sites for hydroxylation is 2. The minimum absolute atomic E-state index is 0.390. The lowest BCUT2D eigenvalue weighted by Gasteiger charge is -2.33. The van der Waals surface area contributed by atoms with Crippen LogP contribution in [0.2, 0.25) is 0 Å². The summed E-state index contributed by atoms with van der Waals surface area (Å²) < 4.78 is 11.4. The van der Waals surface area contributed by atoms with Crippen molar-refractivity contribution in [3.8, 4) is 17.2 Å². The van der Waals surface area contributed by atoms with Gasteiger partial charge in [-0.3, -0.25) is 4.90 Å². The summed E-state index contributed by atoms with van der Waals surface area (Å²) in [6, 6.07) is 6.42. The summed E-state index contributed by atoms with van der Waals surface area (Å²) in [6.07, 6.45) is 5.55. The SMILES string of the molecule is COc1ccc(-c2nc(CN3CCCC[C@H]3c3nccs3)c(C)o2)cc1C. The summed E-state index contributed by atoms with van der Waals surface area (Å²) >= 11 is 1.75. The van der Waals surface area contributed by atoms with E-state index in [0.29, 0.717) is 11.9 Å². The summed E-state index contributed by atoms with van der Waals surface area (Å²) in [5.74, 6) is 2.44. The van der Waals surface area contributed by atoms with Gasteiger partial charge >= 0.3 is 0 Å². The van der Waals surface area contributed by atoms with Crippen molar-refractivity contribution < 1.29 is 9.15 Å². The van der Waals surface area contributed by atoms with Gasteiger partial charge in [0.05, 0.1) is 18.8 Å². The third-order valence-corrected chi connectivity index (χ3v) is 6.11. The van der Waals surface area contributed by atoms with E-state index in [0.717, 1.165) is 47.8 Å². The van der Waals surface area contributed by atoms with Gasteiger partial charge in [0.15, 0.2) is 0 Å². The minimum Gasteiger partial charge on any atom is -0.496 e. The van der Waals surface area contributed by atoms with E-state index in [4.69, 9.17) is 14.1 Å². The highest BCUT2D eigenvalue weighted by Crippen LogP contribution is 2.34. The minimum atomic E-state index is 0.390. The van der Waals surface area contributed by atoms with E-state index in [2.05, 4.69) is 21.3 Å². The Balaban J connectivity index is 1.57. The molecule has 1 saturated heterocycles. The Morgan fingerprint density at radius 3 is 2.93 bits per heavy atom. The second-order valence-corrected chi connectivity index (χ2v) is 7.98. The number of methoxy groups -OCH3 is 1. The van der Waals surface area contributed by atoms with Crippen LogP contribution in [0.15, 0.2) is 34.2 Å². The van der Waals surface area contributed by atoms with Crippen LogP contribution in [0, 0.1) is 13.8 Å². The van der Waals surface area contributed by atoms with Crippen molar-refractivity contribution >= 4 is 11.3 Å². The number of hydrogen-bond acceptors (Lipinski definition) is 6. The molecule has 0 saturated carbocycles. The summed E-state index contributed by atoms with van der Waals surface area (Å²) in [6.45, 7) is 5.91. The van der Waals surface area contributed by atoms with Crippen LogP contribution < -0.4 is 4.74 Å². The van der Waals surface area contributed by atoms with Gasteiger partial charge in [-0.05, 0) is 57.0 Å². The number of hydrogen-bond donors (Lipinski definition) is 0. The molecule has 1 aromatic carbocycles. The number of benzene rings is 1. The van der Waals surface area contributed by atoms with Crippen LogP contribution in [0.25, 0.3) is 11.5 Å². The predicted octanol–water partition coefficient (Wildman–Crippen LogP) is 5.15. The van der Waals surface area contributed by atoms with Crippen molar-refractivity contribution in [1.82, 2.24) is 14.9 Å². The summed E-state index contributed by atoms with van der Waals surface area (Å²) in [4.78, 5) is 11.9. The van der Waals surface area contributed by atoms with Crippen molar-refractivity contribution in [2.45, 2.75) is 45.7 Å². The van der Waals surface area contributed by atoms with Gasteiger partial charge in [0, 0.05) is 23.7 Å². The van der Waals surface area contributed by atoms with Crippen LogP contribution in [-0.4, -0.2) is 28.5 Å². The second kappa shape index (κ2) is 7.82. The van der Waals surface area contributed by atoms with Gasteiger partial charge in [0.2, 0.25) is 5.89 Å². The molecule has 0 unspecified atom stereocenters. The Kier molecular flexibility index (Phi) is 5.27. The standard InChI is InChI=1S/C21H25N3O2S/c1-14-12-16(7-8-19(14)25-3)20-23-17(15(2)26-20)13-24-10-5-4-6-18(24)21-22-9-11-27-21/h7-9,11-12,18H,4-6,10,13H2,1-3H3/t18-/m0/s1. The molecule has 0 N–H and O–H groups in total. The Morgan fingerprint density at radius 2 is 2.19 bits per heavy atom. The zero-order valence-electron chi connectivity index (χ0n) is 16.1. The van der Waals surface area contributed by atoms with Gasteiger partial charge in [-0.15, -0.1) is 11.3 Å². The lowest BCUT2D eigenvalue weighted by molar-refractivity contribution is 0.138. The van der Waals surface area contributed by atoms with Gasteiger partial charge in [-0.2, -0.15) is 0 Å². The van der Waals surface area contributed by atoms with Gasteiger partial charge in [0.1, 0.15) is 16.5 Å². The van der Waals surface area contributed by atoms with Gasteiger partial charge in [0.25, 0.3) is 0 Å². The maximum atomic E-state index is 6.01. The molecule has 0 radical (unpaired) electrons. The quantitative estimate of drug-likeness (QED) is 0.610. The highest BCUT2D eigenvalue weighted by molar-refractivity contribution is 7.09. The average Bonchev–Trinajstić information content (AvgIpc) is 3.33. The Labute approximate surface area is 164 Å². The van der Waals surface area contributed by atoms with Gasteiger partial charge < -0.3 is 9.15 Å². The van der Waals surface area contributed by atoms with Crippen LogP contribution in [0.4, 0.5) is 0 Å². The van der Waals surface area contributed by atoms with Crippen LogP contribution in [0.3, 0.4) is 0 Å². The van der Waals surface area contributed by atoms with Crippen LogP contribution >= 0.6 is 11.3 Å². The monoisotopic (exact) mass is 383 g/mol. The van der Waals surface area contributed by atoms with Crippen molar-refractivity contribution in [1.29, 1.82) is 0 Å². The molecule has 3 aromatic rings. The second-order valence-electron chi connectivity index (χ2n) is 7.06. The van der Waals surface area contributed by atoms with E-state index in [1.165, 1.54) is 17.8 Å². The number of oxazole rings is 1. The zero-order chi connectivity index (χ0) is 18.8. The molecule has 1 fully saturated rings. The lowest BCUT2D eigenvalue weighted by Crippen LogP contribution is -2.33. The Hall–Kier alpha value is -2.18. The molecule has 3 heterocycles. The lowest BCUT2D eigenvalue weighted by atomic mass is 10.0. The highest BCUT2D eigenvalue weighted by Gasteiger charge is 2.27. The van der Waals surface area contributed by atoms with Crippen molar-refractivity contribution in [3.05, 3.63) is 51.8 Å². The Morgan fingerprint density at radius 1 is 1.30 bits per heavy atom. The van der Waals surface area contributed by atoms with Crippen molar-refractivity contribution in [3.63, 3.8) is 0 Å². The summed E-state index contributed by atoms with van der Waals surface area (Å²) in [5.41, 5.74) is 3.08.